The van der Waals surface area contributed by atoms with Gasteiger partial charge in [0.05, 0.1) is 11.3 Å². The number of rotatable bonds is 4. The van der Waals surface area contributed by atoms with Gasteiger partial charge in [0.1, 0.15) is 5.82 Å². The van der Waals surface area contributed by atoms with Crippen LogP contribution in [0.3, 0.4) is 0 Å². The summed E-state index contributed by atoms with van der Waals surface area (Å²) in [7, 11) is 0. The average Bonchev–Trinajstić information content (AvgIpc) is 2.54. The maximum Gasteiger partial charge on any atom is 0.235 e. The Bertz CT molecular complexity index is 756. The lowest BCUT2D eigenvalue weighted by atomic mass is 10.2. The monoisotopic (exact) mass is 295 g/mol. The molecule has 3 rings (SSSR count). The highest BCUT2D eigenvalue weighted by Gasteiger charge is 2.07. The van der Waals surface area contributed by atoms with E-state index >= 15 is 0 Å². The van der Waals surface area contributed by atoms with E-state index in [1.807, 2.05) is 42.5 Å². The van der Waals surface area contributed by atoms with Crippen molar-refractivity contribution in [2.24, 2.45) is 0 Å². The van der Waals surface area contributed by atoms with Crippen LogP contribution in [0.15, 0.2) is 65.8 Å². The first kappa shape index (κ1) is 13.6. The van der Waals surface area contributed by atoms with Crippen molar-refractivity contribution in [3.05, 3.63) is 60.9 Å². The van der Waals surface area contributed by atoms with E-state index in [1.54, 1.807) is 18.5 Å². The minimum atomic E-state index is -0.0772. The first-order valence-corrected chi connectivity index (χ1v) is 7.49. The predicted octanol–water partition coefficient (Wildman–Crippen LogP) is 3.36. The van der Waals surface area contributed by atoms with E-state index in [2.05, 4.69) is 15.3 Å². The zero-order valence-corrected chi connectivity index (χ0v) is 12.0. The van der Waals surface area contributed by atoms with Crippen LogP contribution >= 0.6 is 11.8 Å². The van der Waals surface area contributed by atoms with Crippen molar-refractivity contribution in [1.29, 1.82) is 0 Å². The maximum atomic E-state index is 11.9. The Morgan fingerprint density at radius 2 is 1.86 bits per heavy atom. The second-order valence-electron chi connectivity index (χ2n) is 4.38. The number of thioether (sulfide) groups is 1. The molecule has 5 heteroatoms. The first-order valence-electron chi connectivity index (χ1n) is 6.50. The second-order valence-corrected chi connectivity index (χ2v) is 5.40. The smallest absolute Gasteiger partial charge is 0.235 e. The zero-order chi connectivity index (χ0) is 14.5. The van der Waals surface area contributed by atoms with Crippen molar-refractivity contribution >= 4 is 34.4 Å². The number of hydrogen-bond acceptors (Lipinski definition) is 4. The summed E-state index contributed by atoms with van der Waals surface area (Å²) in [5, 5.41) is 3.85. The minimum Gasteiger partial charge on any atom is -0.310 e. The van der Waals surface area contributed by atoms with E-state index in [-0.39, 0.29) is 5.91 Å². The van der Waals surface area contributed by atoms with Crippen LogP contribution in [0.4, 0.5) is 5.82 Å². The quantitative estimate of drug-likeness (QED) is 0.750. The Labute approximate surface area is 126 Å². The van der Waals surface area contributed by atoms with Crippen molar-refractivity contribution in [3.63, 3.8) is 0 Å². The number of benzene rings is 1. The van der Waals surface area contributed by atoms with Gasteiger partial charge in [-0.1, -0.05) is 24.3 Å². The van der Waals surface area contributed by atoms with Crippen LogP contribution in [0.5, 0.6) is 0 Å². The van der Waals surface area contributed by atoms with E-state index in [4.69, 9.17) is 0 Å². The molecular formula is C16H13N3OS. The highest BCUT2D eigenvalue weighted by atomic mass is 32.2. The molecule has 3 aromatic rings. The fourth-order valence-corrected chi connectivity index (χ4v) is 2.79. The van der Waals surface area contributed by atoms with Crippen LogP contribution in [-0.4, -0.2) is 21.6 Å². The average molecular weight is 295 g/mol. The molecule has 0 saturated carbocycles. The number of nitrogens with one attached hydrogen (secondary N) is 1. The van der Waals surface area contributed by atoms with Crippen molar-refractivity contribution < 1.29 is 4.79 Å². The predicted molar refractivity (Wildman–Crippen MR) is 85.3 cm³/mol. The molecule has 0 aliphatic heterocycles. The van der Waals surface area contributed by atoms with Crippen LogP contribution in [0.25, 0.3) is 10.9 Å². The van der Waals surface area contributed by atoms with Gasteiger partial charge in [0.15, 0.2) is 0 Å². The van der Waals surface area contributed by atoms with Gasteiger partial charge in [-0.25, -0.2) is 4.98 Å². The van der Waals surface area contributed by atoms with Gasteiger partial charge in [-0.2, -0.15) is 0 Å². The largest absolute Gasteiger partial charge is 0.310 e. The SMILES string of the molecule is O=C(CSc1cccc2cccnc12)Nc1ccccn1. The molecule has 21 heavy (non-hydrogen) atoms. The first-order chi connectivity index (χ1) is 10.3. The molecule has 2 aromatic heterocycles. The van der Waals surface area contributed by atoms with Crippen LogP contribution in [0, 0.1) is 0 Å². The number of para-hydroxylation sites is 1. The molecule has 0 aliphatic rings. The third-order valence-corrected chi connectivity index (χ3v) is 3.93. The topological polar surface area (TPSA) is 54.9 Å². The molecule has 0 aliphatic carbocycles. The number of nitrogens with zero attached hydrogens (tertiary/aromatic N) is 2. The van der Waals surface area contributed by atoms with Gasteiger partial charge in [0, 0.05) is 22.7 Å². The Kier molecular flexibility index (Phi) is 4.12. The lowest BCUT2D eigenvalue weighted by molar-refractivity contribution is -0.113. The molecule has 4 nitrogen and oxygen atoms in total. The van der Waals surface area contributed by atoms with E-state index < -0.39 is 0 Å². The molecule has 1 amide bonds. The number of pyridine rings is 2. The van der Waals surface area contributed by atoms with Gasteiger partial charge in [-0.3, -0.25) is 9.78 Å². The minimum absolute atomic E-state index is 0.0772. The van der Waals surface area contributed by atoms with Crippen LogP contribution in [-0.2, 0) is 4.79 Å². The fourth-order valence-electron chi connectivity index (χ4n) is 1.95. The fraction of sp³-hybridized carbons (Fsp3) is 0.0625. The normalized spacial score (nSPS) is 10.5. The molecule has 1 aromatic carbocycles. The Morgan fingerprint density at radius 1 is 1.00 bits per heavy atom. The molecule has 104 valence electrons. The highest BCUT2D eigenvalue weighted by Crippen LogP contribution is 2.26. The molecule has 0 saturated heterocycles. The van der Waals surface area contributed by atoms with Crippen molar-refractivity contribution in [2.45, 2.75) is 4.90 Å². The van der Waals surface area contributed by atoms with E-state index in [1.165, 1.54) is 11.8 Å². The number of aromatic nitrogens is 2. The molecule has 0 spiro atoms. The Hall–Kier alpha value is -2.40. The summed E-state index contributed by atoms with van der Waals surface area (Å²) in [5.41, 5.74) is 0.927. The number of amides is 1. The van der Waals surface area contributed by atoms with Gasteiger partial charge in [0.2, 0.25) is 5.91 Å². The van der Waals surface area contributed by atoms with Crippen LogP contribution in [0.1, 0.15) is 0 Å². The Balaban J connectivity index is 1.68. The zero-order valence-electron chi connectivity index (χ0n) is 11.2. The number of anilines is 1. The highest BCUT2D eigenvalue weighted by molar-refractivity contribution is 8.00. The summed E-state index contributed by atoms with van der Waals surface area (Å²) in [6.45, 7) is 0. The molecule has 1 N–H and O–H groups in total. The van der Waals surface area contributed by atoms with Crippen molar-refractivity contribution in [1.82, 2.24) is 9.97 Å². The van der Waals surface area contributed by atoms with E-state index in [0.29, 0.717) is 11.6 Å². The van der Waals surface area contributed by atoms with Crippen molar-refractivity contribution in [3.8, 4) is 0 Å². The maximum absolute atomic E-state index is 11.9. The summed E-state index contributed by atoms with van der Waals surface area (Å²) < 4.78 is 0. The van der Waals surface area contributed by atoms with Gasteiger partial charge in [-0.05, 0) is 24.3 Å². The number of fused-ring (bicyclic) bond motifs is 1. The third-order valence-electron chi connectivity index (χ3n) is 2.89. The molecule has 0 bridgehead atoms. The molecule has 2 heterocycles. The van der Waals surface area contributed by atoms with Crippen LogP contribution < -0.4 is 5.32 Å². The van der Waals surface area contributed by atoms with Crippen molar-refractivity contribution in [2.75, 3.05) is 11.1 Å². The van der Waals surface area contributed by atoms with Gasteiger partial charge in [0.25, 0.3) is 0 Å². The lowest BCUT2D eigenvalue weighted by Crippen LogP contribution is -2.14. The van der Waals surface area contributed by atoms with Crippen LogP contribution in [0.2, 0.25) is 0 Å². The van der Waals surface area contributed by atoms with E-state index in [0.717, 1.165) is 15.8 Å². The number of carbonyl (C=O) groups excluding carboxylic acids is 1. The number of carbonyl (C=O) groups is 1. The summed E-state index contributed by atoms with van der Waals surface area (Å²) in [6.07, 6.45) is 3.41. The van der Waals surface area contributed by atoms with E-state index in [9.17, 15) is 4.79 Å². The second kappa shape index (κ2) is 6.37. The number of hydrogen-bond donors (Lipinski definition) is 1. The molecular weight excluding hydrogens is 282 g/mol. The Morgan fingerprint density at radius 3 is 2.71 bits per heavy atom. The summed E-state index contributed by atoms with van der Waals surface area (Å²) in [6, 6.07) is 15.3. The summed E-state index contributed by atoms with van der Waals surface area (Å²) in [4.78, 5) is 21.4. The summed E-state index contributed by atoms with van der Waals surface area (Å²) in [5.74, 6) is 0.817. The van der Waals surface area contributed by atoms with Gasteiger partial charge >= 0.3 is 0 Å². The molecule has 0 atom stereocenters. The van der Waals surface area contributed by atoms with Gasteiger partial charge in [-0.15, -0.1) is 11.8 Å². The van der Waals surface area contributed by atoms with Gasteiger partial charge < -0.3 is 5.32 Å². The molecule has 0 fully saturated rings. The standard InChI is InChI=1S/C16H13N3OS/c20-15(19-14-8-1-2-9-17-14)11-21-13-7-3-5-12-6-4-10-18-16(12)13/h1-10H,11H2,(H,17,19,20). The molecule has 0 unspecified atom stereocenters. The summed E-state index contributed by atoms with van der Waals surface area (Å²) >= 11 is 1.47. The molecule has 0 radical (unpaired) electrons. The third kappa shape index (κ3) is 3.38. The lowest BCUT2D eigenvalue weighted by Gasteiger charge is -2.06.